The lowest BCUT2D eigenvalue weighted by atomic mass is 9.94. The van der Waals surface area contributed by atoms with Crippen LogP contribution in [0.2, 0.25) is 5.02 Å². The maximum Gasteiger partial charge on any atom is 0.179 e. The van der Waals surface area contributed by atoms with Crippen LogP contribution in [0.4, 0.5) is 0 Å². The average Bonchev–Trinajstić information content (AvgIpc) is 2.55. The third-order valence-corrected chi connectivity index (χ3v) is 4.80. The van der Waals surface area contributed by atoms with Gasteiger partial charge in [-0.2, -0.15) is 0 Å². The molecule has 122 valence electrons. The molecule has 0 saturated heterocycles. The molecule has 0 radical (unpaired) electrons. The standard InChI is InChI=1S/C17H24ClNO3/c18-15-10-13(11-16-17(15)22-9-8-21-16)12-19(6-7-20)14-4-2-1-3-5-14/h10-11,14,20H,1-9,12H2. The SMILES string of the molecule is OCCN(Cc1cc(Cl)c2c(c1)OCCO2)C1CCCCC1. The van der Waals surface area contributed by atoms with E-state index >= 15 is 0 Å². The van der Waals surface area contributed by atoms with Gasteiger partial charge in [-0.05, 0) is 30.5 Å². The first-order valence-corrected chi connectivity index (χ1v) is 8.58. The lowest BCUT2D eigenvalue weighted by molar-refractivity contribution is 0.117. The lowest BCUT2D eigenvalue weighted by Crippen LogP contribution is -2.38. The molecule has 1 N–H and O–H groups in total. The molecule has 1 saturated carbocycles. The first kappa shape index (κ1) is 15.9. The minimum absolute atomic E-state index is 0.189. The summed E-state index contributed by atoms with van der Waals surface area (Å²) in [4.78, 5) is 2.38. The van der Waals surface area contributed by atoms with Gasteiger partial charge in [0.2, 0.25) is 0 Å². The predicted octanol–water partition coefficient (Wildman–Crippen LogP) is 3.24. The molecule has 1 aliphatic heterocycles. The Kier molecular flexibility index (Phi) is 5.45. The molecule has 3 rings (SSSR count). The molecule has 0 bridgehead atoms. The van der Waals surface area contributed by atoms with Gasteiger partial charge < -0.3 is 14.6 Å². The van der Waals surface area contributed by atoms with Crippen molar-refractivity contribution in [3.05, 3.63) is 22.7 Å². The molecule has 0 atom stereocenters. The van der Waals surface area contributed by atoms with Gasteiger partial charge in [0.1, 0.15) is 13.2 Å². The van der Waals surface area contributed by atoms with Crippen LogP contribution in [-0.2, 0) is 6.54 Å². The van der Waals surface area contributed by atoms with E-state index < -0.39 is 0 Å². The second kappa shape index (κ2) is 7.53. The Morgan fingerprint density at radius 1 is 1.14 bits per heavy atom. The quantitative estimate of drug-likeness (QED) is 0.902. The summed E-state index contributed by atoms with van der Waals surface area (Å²) >= 11 is 6.32. The Labute approximate surface area is 137 Å². The number of aliphatic hydroxyl groups is 1. The zero-order valence-corrected chi connectivity index (χ0v) is 13.6. The highest BCUT2D eigenvalue weighted by atomic mass is 35.5. The molecule has 0 spiro atoms. The van der Waals surface area contributed by atoms with Gasteiger partial charge in [-0.1, -0.05) is 30.9 Å². The molecular weight excluding hydrogens is 302 g/mol. The van der Waals surface area contributed by atoms with E-state index in [1.165, 1.54) is 32.1 Å². The van der Waals surface area contributed by atoms with Gasteiger partial charge in [0.15, 0.2) is 11.5 Å². The third kappa shape index (κ3) is 3.67. The largest absolute Gasteiger partial charge is 0.486 e. The molecule has 1 fully saturated rings. The summed E-state index contributed by atoms with van der Waals surface area (Å²) in [5.41, 5.74) is 1.12. The number of nitrogens with zero attached hydrogens (tertiary/aromatic N) is 1. The van der Waals surface area contributed by atoms with E-state index in [0.29, 0.717) is 36.6 Å². The number of rotatable bonds is 5. The van der Waals surface area contributed by atoms with Crippen LogP contribution < -0.4 is 9.47 Å². The topological polar surface area (TPSA) is 41.9 Å². The molecule has 1 aromatic rings. The summed E-state index contributed by atoms with van der Waals surface area (Å²) in [6.45, 7) is 2.80. The molecule has 2 aliphatic rings. The molecule has 0 unspecified atom stereocenters. The fraction of sp³-hybridized carbons (Fsp3) is 0.647. The number of fused-ring (bicyclic) bond motifs is 1. The summed E-state index contributed by atoms with van der Waals surface area (Å²) in [7, 11) is 0. The number of hydrogen-bond donors (Lipinski definition) is 1. The zero-order valence-electron chi connectivity index (χ0n) is 12.9. The first-order valence-electron chi connectivity index (χ1n) is 8.21. The number of aliphatic hydroxyl groups excluding tert-OH is 1. The van der Waals surface area contributed by atoms with Crippen LogP contribution in [0, 0.1) is 0 Å². The van der Waals surface area contributed by atoms with Gasteiger partial charge >= 0.3 is 0 Å². The molecule has 0 aromatic heterocycles. The summed E-state index contributed by atoms with van der Waals surface area (Å²) in [5, 5.41) is 9.99. The van der Waals surface area contributed by atoms with Crippen LogP contribution >= 0.6 is 11.6 Å². The van der Waals surface area contributed by atoms with Gasteiger partial charge in [-0.25, -0.2) is 0 Å². The van der Waals surface area contributed by atoms with Crippen LogP contribution in [0.25, 0.3) is 0 Å². The van der Waals surface area contributed by atoms with E-state index in [2.05, 4.69) is 4.90 Å². The molecule has 1 aromatic carbocycles. The van der Waals surface area contributed by atoms with Crippen molar-refractivity contribution < 1.29 is 14.6 Å². The van der Waals surface area contributed by atoms with Crippen molar-refractivity contribution in [1.29, 1.82) is 0 Å². The maximum atomic E-state index is 9.38. The monoisotopic (exact) mass is 325 g/mol. The average molecular weight is 326 g/mol. The van der Waals surface area contributed by atoms with Gasteiger partial charge in [-0.3, -0.25) is 4.90 Å². The predicted molar refractivity (Wildman–Crippen MR) is 86.8 cm³/mol. The van der Waals surface area contributed by atoms with Gasteiger partial charge in [-0.15, -0.1) is 0 Å². The Morgan fingerprint density at radius 3 is 2.68 bits per heavy atom. The number of ether oxygens (including phenoxy) is 2. The fourth-order valence-corrected chi connectivity index (χ4v) is 3.74. The van der Waals surface area contributed by atoms with E-state index in [1.807, 2.05) is 12.1 Å². The Balaban J connectivity index is 1.75. The number of halogens is 1. The molecule has 5 heteroatoms. The van der Waals surface area contributed by atoms with E-state index in [1.54, 1.807) is 0 Å². The van der Waals surface area contributed by atoms with Gasteiger partial charge in [0.05, 0.1) is 11.6 Å². The van der Waals surface area contributed by atoms with Crippen molar-refractivity contribution in [2.24, 2.45) is 0 Å². The van der Waals surface area contributed by atoms with Crippen LogP contribution in [0.1, 0.15) is 37.7 Å². The van der Waals surface area contributed by atoms with E-state index in [-0.39, 0.29) is 6.61 Å². The number of hydrogen-bond acceptors (Lipinski definition) is 4. The summed E-state index contributed by atoms with van der Waals surface area (Å²) in [5.74, 6) is 1.39. The highest BCUT2D eigenvalue weighted by molar-refractivity contribution is 6.32. The molecule has 0 amide bonds. The highest BCUT2D eigenvalue weighted by Crippen LogP contribution is 2.38. The van der Waals surface area contributed by atoms with Crippen LogP contribution in [0.15, 0.2) is 12.1 Å². The van der Waals surface area contributed by atoms with E-state index in [0.717, 1.165) is 17.9 Å². The third-order valence-electron chi connectivity index (χ3n) is 4.52. The van der Waals surface area contributed by atoms with Crippen LogP contribution in [0.3, 0.4) is 0 Å². The molecular formula is C17H24ClNO3. The Bertz CT molecular complexity index is 503. The van der Waals surface area contributed by atoms with Crippen molar-refractivity contribution in [3.8, 4) is 11.5 Å². The van der Waals surface area contributed by atoms with Crippen molar-refractivity contribution in [2.75, 3.05) is 26.4 Å². The van der Waals surface area contributed by atoms with Gasteiger partial charge in [0, 0.05) is 19.1 Å². The molecule has 4 nitrogen and oxygen atoms in total. The summed E-state index contributed by atoms with van der Waals surface area (Å²) in [6, 6.07) is 4.54. The Morgan fingerprint density at radius 2 is 1.91 bits per heavy atom. The second-order valence-electron chi connectivity index (χ2n) is 6.09. The molecule has 22 heavy (non-hydrogen) atoms. The van der Waals surface area contributed by atoms with E-state index in [9.17, 15) is 5.11 Å². The summed E-state index contributed by atoms with van der Waals surface area (Å²) < 4.78 is 11.2. The minimum Gasteiger partial charge on any atom is -0.486 e. The normalized spacial score (nSPS) is 18.7. The minimum atomic E-state index is 0.189. The molecule has 1 heterocycles. The van der Waals surface area contributed by atoms with Crippen molar-refractivity contribution >= 4 is 11.6 Å². The smallest absolute Gasteiger partial charge is 0.179 e. The van der Waals surface area contributed by atoms with Crippen LogP contribution in [-0.4, -0.2) is 42.4 Å². The lowest BCUT2D eigenvalue weighted by Gasteiger charge is -2.34. The van der Waals surface area contributed by atoms with Crippen LogP contribution in [0.5, 0.6) is 11.5 Å². The summed E-state index contributed by atoms with van der Waals surface area (Å²) in [6.07, 6.45) is 6.35. The number of benzene rings is 1. The van der Waals surface area contributed by atoms with Crippen molar-refractivity contribution in [2.45, 2.75) is 44.7 Å². The van der Waals surface area contributed by atoms with Gasteiger partial charge in [0.25, 0.3) is 0 Å². The second-order valence-corrected chi connectivity index (χ2v) is 6.49. The van der Waals surface area contributed by atoms with E-state index in [4.69, 9.17) is 21.1 Å². The Hall–Kier alpha value is -0.970. The first-order chi connectivity index (χ1) is 10.8. The fourth-order valence-electron chi connectivity index (χ4n) is 3.46. The maximum absolute atomic E-state index is 9.38. The highest BCUT2D eigenvalue weighted by Gasteiger charge is 2.22. The van der Waals surface area contributed by atoms with Crippen molar-refractivity contribution in [3.63, 3.8) is 0 Å². The zero-order chi connectivity index (χ0) is 15.4. The molecule has 1 aliphatic carbocycles. The van der Waals surface area contributed by atoms with Crippen molar-refractivity contribution in [1.82, 2.24) is 4.90 Å².